The van der Waals surface area contributed by atoms with Crippen LogP contribution >= 0.6 is 7.75 Å². The van der Waals surface area contributed by atoms with Crippen molar-refractivity contribution in [3.63, 3.8) is 0 Å². The number of hydrogen-bond donors (Lipinski definition) is 5. The summed E-state index contributed by atoms with van der Waals surface area (Å²) in [4.78, 5) is 37.6. The van der Waals surface area contributed by atoms with Crippen molar-refractivity contribution in [1.29, 1.82) is 0 Å². The standard InChI is InChI=1S/C20H27N4O10P/c1-12(18(28)32-10-13-6-4-3-5-7-13)23-35(30,31-2)33-11-20(21)16(27)15(26)17(34-20)24-9-8-14(25)22-19(24)29/h3-9,12,15-17,26-27H,10-11,21H2,1-2H3,(H,23,30)(H,22,25,29)/t12-,15+,16-,17+,20+,35?/m0/s1. The van der Waals surface area contributed by atoms with Gasteiger partial charge in [0.2, 0.25) is 0 Å². The highest BCUT2D eigenvalue weighted by molar-refractivity contribution is 7.51. The summed E-state index contributed by atoms with van der Waals surface area (Å²) in [5.74, 6) is -0.734. The number of aliphatic hydroxyl groups excluding tert-OH is 2. The number of aromatic nitrogens is 2. The summed E-state index contributed by atoms with van der Waals surface area (Å²) in [6, 6.07) is 8.82. The summed E-state index contributed by atoms with van der Waals surface area (Å²) in [7, 11) is -3.12. The Morgan fingerprint density at radius 3 is 2.63 bits per heavy atom. The molecule has 1 aromatic heterocycles. The zero-order valence-corrected chi connectivity index (χ0v) is 19.8. The Balaban J connectivity index is 1.63. The molecule has 35 heavy (non-hydrogen) atoms. The number of rotatable bonds is 10. The first kappa shape index (κ1) is 26.9. The molecule has 15 heteroatoms. The second kappa shape index (κ2) is 10.9. The van der Waals surface area contributed by atoms with E-state index in [9.17, 15) is 29.2 Å². The van der Waals surface area contributed by atoms with Gasteiger partial charge in [-0.3, -0.25) is 29.4 Å². The van der Waals surface area contributed by atoms with Crippen molar-refractivity contribution < 1.29 is 38.1 Å². The number of carbonyl (C=O) groups is 1. The largest absolute Gasteiger partial charge is 0.460 e. The topological polar surface area (TPSA) is 204 Å². The Morgan fingerprint density at radius 2 is 2.00 bits per heavy atom. The summed E-state index contributed by atoms with van der Waals surface area (Å²) >= 11 is 0. The number of nitrogens with one attached hydrogen (secondary N) is 2. The van der Waals surface area contributed by atoms with E-state index in [1.54, 1.807) is 24.3 Å². The van der Waals surface area contributed by atoms with E-state index in [-0.39, 0.29) is 6.61 Å². The van der Waals surface area contributed by atoms with Crippen LogP contribution in [0.5, 0.6) is 0 Å². The van der Waals surface area contributed by atoms with Crippen LogP contribution in [-0.2, 0) is 34.5 Å². The minimum atomic E-state index is -4.17. The SMILES string of the molecule is COP(=O)(N[C@@H](C)C(=O)OCc1ccccc1)OC[C@@]1(N)O[C@@H](n2ccc(=O)[nH]c2=O)[C@H](O)[C@@H]1O. The number of esters is 1. The lowest BCUT2D eigenvalue weighted by Gasteiger charge is -2.29. The third-order valence-electron chi connectivity index (χ3n) is 5.21. The van der Waals surface area contributed by atoms with Crippen LogP contribution in [0.25, 0.3) is 0 Å². The molecule has 2 aromatic rings. The van der Waals surface area contributed by atoms with Gasteiger partial charge in [0.05, 0.1) is 0 Å². The molecule has 0 saturated carbocycles. The van der Waals surface area contributed by atoms with Crippen LogP contribution in [0, 0.1) is 0 Å². The zero-order valence-electron chi connectivity index (χ0n) is 18.9. The summed E-state index contributed by atoms with van der Waals surface area (Å²) in [5, 5.41) is 23.2. The highest BCUT2D eigenvalue weighted by Crippen LogP contribution is 2.45. The van der Waals surface area contributed by atoms with Gasteiger partial charge in [0.25, 0.3) is 5.56 Å². The van der Waals surface area contributed by atoms with Crippen LogP contribution in [0.3, 0.4) is 0 Å². The second-order valence-corrected chi connectivity index (χ2v) is 9.69. The van der Waals surface area contributed by atoms with Crippen LogP contribution in [-0.4, -0.2) is 63.4 Å². The minimum Gasteiger partial charge on any atom is -0.460 e. The van der Waals surface area contributed by atoms with Crippen molar-refractivity contribution in [2.75, 3.05) is 13.7 Å². The van der Waals surface area contributed by atoms with Gasteiger partial charge in [-0.05, 0) is 12.5 Å². The lowest BCUT2D eigenvalue weighted by atomic mass is 10.1. The number of benzene rings is 1. The summed E-state index contributed by atoms with van der Waals surface area (Å²) in [6.45, 7) is 0.604. The van der Waals surface area contributed by atoms with Gasteiger partial charge in [-0.2, -0.15) is 0 Å². The molecule has 2 heterocycles. The van der Waals surface area contributed by atoms with Crippen molar-refractivity contribution in [3.05, 3.63) is 69.0 Å². The molecule has 1 aromatic carbocycles. The van der Waals surface area contributed by atoms with Crippen LogP contribution in [0.15, 0.2) is 52.2 Å². The molecule has 3 rings (SSSR count). The van der Waals surface area contributed by atoms with Gasteiger partial charge in [0.1, 0.15) is 31.5 Å². The molecule has 1 aliphatic rings. The van der Waals surface area contributed by atoms with E-state index in [0.29, 0.717) is 0 Å². The number of aliphatic hydroxyl groups is 2. The van der Waals surface area contributed by atoms with Gasteiger partial charge >= 0.3 is 19.4 Å². The maximum atomic E-state index is 13.0. The smallest absolute Gasteiger partial charge is 0.406 e. The minimum absolute atomic E-state index is 0.000818. The average molecular weight is 514 g/mol. The average Bonchev–Trinajstić information content (AvgIpc) is 3.06. The lowest BCUT2D eigenvalue weighted by Crippen LogP contribution is -2.54. The highest BCUT2D eigenvalue weighted by atomic mass is 31.2. The van der Waals surface area contributed by atoms with Crippen LogP contribution in [0.1, 0.15) is 18.7 Å². The molecule has 0 radical (unpaired) electrons. The Morgan fingerprint density at radius 1 is 1.31 bits per heavy atom. The van der Waals surface area contributed by atoms with E-state index in [4.69, 9.17) is 24.3 Å². The van der Waals surface area contributed by atoms with Crippen LogP contribution < -0.4 is 22.1 Å². The number of ether oxygens (including phenoxy) is 2. The van der Waals surface area contributed by atoms with E-state index in [0.717, 1.165) is 29.5 Å². The zero-order chi connectivity index (χ0) is 25.8. The second-order valence-electron chi connectivity index (χ2n) is 7.81. The fourth-order valence-electron chi connectivity index (χ4n) is 3.25. The molecule has 0 spiro atoms. The van der Waals surface area contributed by atoms with Gasteiger partial charge in [0, 0.05) is 19.4 Å². The van der Waals surface area contributed by atoms with Crippen molar-refractivity contribution in [1.82, 2.24) is 14.6 Å². The predicted molar refractivity (Wildman–Crippen MR) is 120 cm³/mol. The van der Waals surface area contributed by atoms with E-state index in [2.05, 4.69) is 5.09 Å². The number of hydrogen-bond acceptors (Lipinski definition) is 11. The number of nitrogens with two attached hydrogens (primary N) is 1. The van der Waals surface area contributed by atoms with E-state index < -0.39 is 61.8 Å². The molecule has 1 unspecified atom stereocenters. The van der Waals surface area contributed by atoms with Crippen LogP contribution in [0.2, 0.25) is 0 Å². The van der Waals surface area contributed by atoms with Crippen molar-refractivity contribution in [2.45, 2.75) is 43.7 Å². The van der Waals surface area contributed by atoms with E-state index in [1.807, 2.05) is 11.1 Å². The third-order valence-corrected chi connectivity index (χ3v) is 6.86. The molecule has 192 valence electrons. The van der Waals surface area contributed by atoms with Crippen molar-refractivity contribution >= 4 is 13.7 Å². The number of aromatic amines is 1. The first-order chi connectivity index (χ1) is 16.5. The van der Waals surface area contributed by atoms with Gasteiger partial charge in [-0.15, -0.1) is 0 Å². The Bertz CT molecular complexity index is 1190. The molecule has 0 aliphatic carbocycles. The summed E-state index contributed by atoms with van der Waals surface area (Å²) in [5.41, 5.74) is 3.06. The predicted octanol–water partition coefficient (Wildman–Crippen LogP) is -1.07. The monoisotopic (exact) mass is 514 g/mol. The number of H-pyrrole nitrogens is 1. The Labute approximate surface area is 199 Å². The maximum Gasteiger partial charge on any atom is 0.406 e. The molecular formula is C20H27N4O10P. The summed E-state index contributed by atoms with van der Waals surface area (Å²) in [6.07, 6.45) is -3.91. The normalized spacial score (nSPS) is 26.7. The number of carbonyl (C=O) groups excluding carboxylic acids is 1. The first-order valence-electron chi connectivity index (χ1n) is 10.4. The molecule has 1 aliphatic heterocycles. The third kappa shape index (κ3) is 6.31. The number of nitrogens with zero attached hydrogens (tertiary/aromatic N) is 1. The quantitative estimate of drug-likeness (QED) is 0.190. The Hall–Kier alpha value is -2.68. The van der Waals surface area contributed by atoms with E-state index >= 15 is 0 Å². The van der Waals surface area contributed by atoms with Crippen molar-refractivity contribution in [3.8, 4) is 0 Å². The fourth-order valence-corrected chi connectivity index (χ4v) is 4.49. The molecule has 1 fully saturated rings. The van der Waals surface area contributed by atoms with Crippen LogP contribution in [0.4, 0.5) is 0 Å². The lowest BCUT2D eigenvalue weighted by molar-refractivity contribution is -0.146. The van der Waals surface area contributed by atoms with E-state index in [1.165, 1.54) is 6.92 Å². The molecular weight excluding hydrogens is 487 g/mol. The maximum absolute atomic E-state index is 13.0. The summed E-state index contributed by atoms with van der Waals surface area (Å²) < 4.78 is 34.6. The van der Waals surface area contributed by atoms with Gasteiger partial charge < -0.3 is 24.2 Å². The molecule has 14 nitrogen and oxygen atoms in total. The molecule has 0 bridgehead atoms. The fraction of sp³-hybridized carbons (Fsp3) is 0.450. The van der Waals surface area contributed by atoms with Gasteiger partial charge in [-0.1, -0.05) is 30.3 Å². The molecule has 0 amide bonds. The Kier molecular flexibility index (Phi) is 8.41. The molecule has 1 saturated heterocycles. The molecule has 6 N–H and O–H groups in total. The van der Waals surface area contributed by atoms with Gasteiger partial charge in [-0.25, -0.2) is 14.4 Å². The first-order valence-corrected chi connectivity index (χ1v) is 12.0. The molecule has 6 atom stereocenters. The highest BCUT2D eigenvalue weighted by Gasteiger charge is 2.54. The van der Waals surface area contributed by atoms with Gasteiger partial charge in [0.15, 0.2) is 12.0 Å². The van der Waals surface area contributed by atoms with Crippen molar-refractivity contribution in [2.24, 2.45) is 5.73 Å².